The zero-order valence-electron chi connectivity index (χ0n) is 10.2. The number of aryl methyl sites for hydroxylation is 1. The Kier molecular flexibility index (Phi) is 4.60. The van der Waals surface area contributed by atoms with E-state index < -0.39 is 0 Å². The number of rotatable bonds is 5. The first-order valence-electron chi connectivity index (χ1n) is 5.74. The largest absolute Gasteiger partial charge is 0.475 e. The minimum atomic E-state index is 0.240. The van der Waals surface area contributed by atoms with Gasteiger partial charge in [0, 0.05) is 11.8 Å². The van der Waals surface area contributed by atoms with Gasteiger partial charge in [0.05, 0.1) is 6.10 Å². The van der Waals surface area contributed by atoms with Gasteiger partial charge in [0.15, 0.2) is 0 Å². The quantitative estimate of drug-likeness (QED) is 0.737. The van der Waals surface area contributed by atoms with Crippen molar-refractivity contribution >= 4 is 0 Å². The summed E-state index contributed by atoms with van der Waals surface area (Å²) in [5.74, 6) is 1.41. The van der Waals surface area contributed by atoms with Crippen molar-refractivity contribution in [3.05, 3.63) is 23.9 Å². The lowest BCUT2D eigenvalue weighted by Gasteiger charge is -2.16. The van der Waals surface area contributed by atoms with E-state index in [0.717, 1.165) is 24.4 Å². The van der Waals surface area contributed by atoms with E-state index in [1.165, 1.54) is 0 Å². The molecule has 0 N–H and O–H groups in total. The second-order valence-corrected chi connectivity index (χ2v) is 4.38. The van der Waals surface area contributed by atoms with E-state index >= 15 is 0 Å². The van der Waals surface area contributed by atoms with Gasteiger partial charge < -0.3 is 4.74 Å². The van der Waals surface area contributed by atoms with E-state index in [-0.39, 0.29) is 6.10 Å². The van der Waals surface area contributed by atoms with Crippen LogP contribution in [0.2, 0.25) is 0 Å². The molecule has 1 rings (SSSR count). The molecule has 1 unspecified atom stereocenters. The van der Waals surface area contributed by atoms with Crippen LogP contribution in [-0.4, -0.2) is 11.1 Å². The summed E-state index contributed by atoms with van der Waals surface area (Å²) >= 11 is 0. The fourth-order valence-electron chi connectivity index (χ4n) is 1.64. The molecule has 0 saturated heterocycles. The molecule has 0 aliphatic rings. The summed E-state index contributed by atoms with van der Waals surface area (Å²) in [6, 6.07) is 5.96. The Bertz CT molecular complexity index is 296. The first-order chi connectivity index (χ1) is 7.11. The van der Waals surface area contributed by atoms with Gasteiger partial charge in [-0.25, -0.2) is 4.98 Å². The highest BCUT2D eigenvalue weighted by atomic mass is 16.5. The molecule has 0 bridgehead atoms. The van der Waals surface area contributed by atoms with Crippen LogP contribution < -0.4 is 4.74 Å². The Morgan fingerprint density at radius 2 is 2.00 bits per heavy atom. The van der Waals surface area contributed by atoms with Gasteiger partial charge in [-0.15, -0.1) is 0 Å². The number of nitrogens with zero attached hydrogens (tertiary/aromatic N) is 1. The summed E-state index contributed by atoms with van der Waals surface area (Å²) in [5.41, 5.74) is 1.09. The third-order valence-electron chi connectivity index (χ3n) is 2.27. The Balaban J connectivity index is 2.55. The van der Waals surface area contributed by atoms with Crippen LogP contribution in [0, 0.1) is 5.92 Å². The van der Waals surface area contributed by atoms with Crippen LogP contribution in [0.15, 0.2) is 18.2 Å². The summed E-state index contributed by atoms with van der Waals surface area (Å²) in [6.07, 6.45) is 2.26. The fourth-order valence-corrected chi connectivity index (χ4v) is 1.64. The van der Waals surface area contributed by atoms with E-state index in [4.69, 9.17) is 4.74 Å². The number of ether oxygens (including phenoxy) is 1. The molecule has 2 nitrogen and oxygen atoms in total. The van der Waals surface area contributed by atoms with Crippen molar-refractivity contribution in [2.45, 2.75) is 46.6 Å². The molecule has 0 saturated carbocycles. The van der Waals surface area contributed by atoms with Crippen LogP contribution in [-0.2, 0) is 6.42 Å². The molecule has 0 fully saturated rings. The summed E-state index contributed by atoms with van der Waals surface area (Å²) in [7, 11) is 0. The zero-order chi connectivity index (χ0) is 11.3. The smallest absolute Gasteiger partial charge is 0.213 e. The van der Waals surface area contributed by atoms with Crippen LogP contribution in [0.25, 0.3) is 0 Å². The molecule has 0 amide bonds. The maximum atomic E-state index is 5.76. The maximum absolute atomic E-state index is 5.76. The predicted molar refractivity (Wildman–Crippen MR) is 63.2 cm³/mol. The van der Waals surface area contributed by atoms with Crippen molar-refractivity contribution in [3.8, 4) is 5.88 Å². The molecular formula is C13H21NO. The summed E-state index contributed by atoms with van der Waals surface area (Å²) < 4.78 is 5.76. The highest BCUT2D eigenvalue weighted by Crippen LogP contribution is 2.14. The van der Waals surface area contributed by atoms with Crippen molar-refractivity contribution in [2.75, 3.05) is 0 Å². The SMILES string of the molecule is CCc1cccc(OC(C)CC(C)C)n1. The maximum Gasteiger partial charge on any atom is 0.213 e. The van der Waals surface area contributed by atoms with Crippen molar-refractivity contribution in [3.63, 3.8) is 0 Å². The topological polar surface area (TPSA) is 22.1 Å². The lowest BCUT2D eigenvalue weighted by molar-refractivity contribution is 0.185. The molecule has 0 aliphatic carbocycles. The highest BCUT2D eigenvalue weighted by Gasteiger charge is 2.07. The monoisotopic (exact) mass is 207 g/mol. The van der Waals surface area contributed by atoms with Gasteiger partial charge in [0.25, 0.3) is 0 Å². The second-order valence-electron chi connectivity index (χ2n) is 4.38. The molecule has 1 atom stereocenters. The van der Waals surface area contributed by atoms with Crippen LogP contribution in [0.1, 0.15) is 39.8 Å². The zero-order valence-corrected chi connectivity index (χ0v) is 10.2. The van der Waals surface area contributed by atoms with Gasteiger partial charge in [0.2, 0.25) is 5.88 Å². The third kappa shape index (κ3) is 4.32. The fraction of sp³-hybridized carbons (Fsp3) is 0.615. The van der Waals surface area contributed by atoms with Gasteiger partial charge >= 0.3 is 0 Å². The van der Waals surface area contributed by atoms with Gasteiger partial charge in [-0.05, 0) is 31.7 Å². The molecule has 84 valence electrons. The van der Waals surface area contributed by atoms with Gasteiger partial charge in [0.1, 0.15) is 0 Å². The number of hydrogen-bond donors (Lipinski definition) is 0. The summed E-state index contributed by atoms with van der Waals surface area (Å²) in [5, 5.41) is 0. The molecule has 1 aromatic heterocycles. The predicted octanol–water partition coefficient (Wildman–Crippen LogP) is 3.46. The van der Waals surface area contributed by atoms with E-state index in [1.54, 1.807) is 0 Å². The molecular weight excluding hydrogens is 186 g/mol. The van der Waals surface area contributed by atoms with E-state index in [1.807, 2.05) is 18.2 Å². The van der Waals surface area contributed by atoms with Gasteiger partial charge in [-0.1, -0.05) is 26.8 Å². The molecule has 1 heterocycles. The van der Waals surface area contributed by atoms with E-state index in [0.29, 0.717) is 5.92 Å². The molecule has 0 radical (unpaired) electrons. The van der Waals surface area contributed by atoms with Crippen molar-refractivity contribution in [1.82, 2.24) is 4.98 Å². The normalized spacial score (nSPS) is 12.9. The van der Waals surface area contributed by atoms with Crippen LogP contribution >= 0.6 is 0 Å². The molecule has 0 spiro atoms. The Labute approximate surface area is 92.7 Å². The summed E-state index contributed by atoms with van der Waals surface area (Å²) in [6.45, 7) is 8.61. The standard InChI is InChI=1S/C13H21NO/c1-5-12-7-6-8-13(14-12)15-11(4)9-10(2)3/h6-8,10-11H,5,9H2,1-4H3. The number of hydrogen-bond acceptors (Lipinski definition) is 2. The molecule has 1 aromatic rings. The van der Waals surface area contributed by atoms with Crippen molar-refractivity contribution in [2.24, 2.45) is 5.92 Å². The van der Waals surface area contributed by atoms with Gasteiger partial charge in [-0.2, -0.15) is 0 Å². The van der Waals surface area contributed by atoms with Crippen LogP contribution in [0.3, 0.4) is 0 Å². The lowest BCUT2D eigenvalue weighted by Crippen LogP contribution is -2.15. The number of pyridine rings is 1. The molecule has 15 heavy (non-hydrogen) atoms. The van der Waals surface area contributed by atoms with Gasteiger partial charge in [-0.3, -0.25) is 0 Å². The van der Waals surface area contributed by atoms with E-state index in [9.17, 15) is 0 Å². The molecule has 0 aliphatic heterocycles. The van der Waals surface area contributed by atoms with Crippen LogP contribution in [0.4, 0.5) is 0 Å². The first kappa shape index (κ1) is 12.0. The first-order valence-corrected chi connectivity index (χ1v) is 5.74. The molecule has 2 heteroatoms. The Morgan fingerprint density at radius 3 is 2.60 bits per heavy atom. The van der Waals surface area contributed by atoms with Crippen LogP contribution in [0.5, 0.6) is 5.88 Å². The Morgan fingerprint density at radius 1 is 1.27 bits per heavy atom. The van der Waals surface area contributed by atoms with E-state index in [2.05, 4.69) is 32.7 Å². The minimum Gasteiger partial charge on any atom is -0.475 e. The van der Waals surface area contributed by atoms with Crippen molar-refractivity contribution < 1.29 is 4.74 Å². The Hall–Kier alpha value is -1.05. The third-order valence-corrected chi connectivity index (χ3v) is 2.27. The second kappa shape index (κ2) is 5.74. The average molecular weight is 207 g/mol. The average Bonchev–Trinajstić information content (AvgIpc) is 2.16. The lowest BCUT2D eigenvalue weighted by atomic mass is 10.1. The molecule has 0 aromatic carbocycles. The number of aromatic nitrogens is 1. The minimum absolute atomic E-state index is 0.240. The summed E-state index contributed by atoms with van der Waals surface area (Å²) in [4.78, 5) is 4.42. The highest BCUT2D eigenvalue weighted by molar-refractivity contribution is 5.15. The van der Waals surface area contributed by atoms with Crippen molar-refractivity contribution in [1.29, 1.82) is 0 Å².